The maximum absolute atomic E-state index is 13.6. The first-order valence-electron chi connectivity index (χ1n) is 7.37. The predicted octanol–water partition coefficient (Wildman–Crippen LogP) is 4.63. The summed E-state index contributed by atoms with van der Waals surface area (Å²) in [4.78, 5) is 16.0. The van der Waals surface area contributed by atoms with Gasteiger partial charge in [0.2, 0.25) is 0 Å². The fraction of sp³-hybridized carbons (Fsp3) is 0. The van der Waals surface area contributed by atoms with Crippen molar-refractivity contribution in [2.45, 2.75) is 0 Å². The minimum Gasteiger partial charge on any atom is -0.340 e. The average Bonchev–Trinajstić information content (AvgIpc) is 2.63. The first-order chi connectivity index (χ1) is 12.4. The van der Waals surface area contributed by atoms with Crippen LogP contribution in [0.15, 0.2) is 54.7 Å². The molecule has 0 unspecified atom stereocenters. The molecule has 0 fully saturated rings. The van der Waals surface area contributed by atoms with Gasteiger partial charge in [0, 0.05) is 5.69 Å². The summed E-state index contributed by atoms with van der Waals surface area (Å²) in [5, 5.41) is 5.26. The van der Waals surface area contributed by atoms with E-state index in [9.17, 15) is 22.4 Å². The molecule has 1 aromatic heterocycles. The molecule has 0 atom stereocenters. The van der Waals surface area contributed by atoms with Gasteiger partial charge < -0.3 is 10.6 Å². The molecular weight excluding hydrogens is 350 g/mol. The van der Waals surface area contributed by atoms with Crippen LogP contribution in [-0.4, -0.2) is 10.9 Å². The minimum absolute atomic E-state index is 0.226. The van der Waals surface area contributed by atoms with Crippen LogP contribution in [0.5, 0.6) is 0 Å². The number of halogens is 4. The van der Waals surface area contributed by atoms with E-state index in [1.54, 1.807) is 0 Å². The highest BCUT2D eigenvalue weighted by molar-refractivity contribution is 6.04. The Hall–Kier alpha value is -3.42. The number of nitrogens with zero attached hydrogens (tertiary/aromatic N) is 1. The Bertz CT molecular complexity index is 944. The fourth-order valence-electron chi connectivity index (χ4n) is 2.12. The number of amides is 1. The molecule has 132 valence electrons. The molecule has 0 bridgehead atoms. The van der Waals surface area contributed by atoms with Crippen LogP contribution in [0.1, 0.15) is 10.4 Å². The van der Waals surface area contributed by atoms with Gasteiger partial charge in [0.25, 0.3) is 5.91 Å². The smallest absolute Gasteiger partial charge is 0.258 e. The Balaban J connectivity index is 1.70. The number of carbonyl (C=O) groups excluding carboxylic acids is 1. The number of benzene rings is 2. The molecule has 0 saturated carbocycles. The van der Waals surface area contributed by atoms with Crippen molar-refractivity contribution in [2.24, 2.45) is 0 Å². The molecule has 0 aliphatic heterocycles. The van der Waals surface area contributed by atoms with E-state index >= 15 is 0 Å². The van der Waals surface area contributed by atoms with Crippen LogP contribution >= 0.6 is 0 Å². The average molecular weight is 361 g/mol. The predicted molar refractivity (Wildman–Crippen MR) is 88.2 cm³/mol. The molecule has 3 rings (SSSR count). The molecule has 2 N–H and O–H groups in total. The van der Waals surface area contributed by atoms with Crippen LogP contribution in [0.3, 0.4) is 0 Å². The van der Waals surface area contributed by atoms with Crippen LogP contribution < -0.4 is 10.6 Å². The third kappa shape index (κ3) is 3.80. The number of carbonyl (C=O) groups is 1. The lowest BCUT2D eigenvalue weighted by molar-refractivity contribution is 0.102. The van der Waals surface area contributed by atoms with Crippen LogP contribution in [0.2, 0.25) is 0 Å². The van der Waals surface area contributed by atoms with Gasteiger partial charge in [-0.2, -0.15) is 0 Å². The number of hydrogen-bond donors (Lipinski definition) is 2. The second-order valence-corrected chi connectivity index (χ2v) is 5.24. The summed E-state index contributed by atoms with van der Waals surface area (Å²) in [7, 11) is 0. The second-order valence-electron chi connectivity index (χ2n) is 5.24. The number of nitrogens with one attached hydrogen (secondary N) is 2. The SMILES string of the molecule is O=C(Nc1ccc(Nc2ccc(F)cc2)nc1)c1ccc(F)c(F)c1F. The summed E-state index contributed by atoms with van der Waals surface area (Å²) in [6.07, 6.45) is 1.29. The van der Waals surface area contributed by atoms with Crippen molar-refractivity contribution in [1.29, 1.82) is 0 Å². The number of rotatable bonds is 4. The summed E-state index contributed by atoms with van der Waals surface area (Å²) < 4.78 is 52.6. The molecule has 8 heteroatoms. The maximum atomic E-state index is 13.6. The standard InChI is InChI=1S/C18H11F4N3O/c19-10-1-3-11(4-2-10)24-15-8-5-12(9-23-15)25-18(26)13-6-7-14(20)17(22)16(13)21/h1-9H,(H,23,24)(H,25,26). The molecular formula is C18H11F4N3O. The zero-order chi connectivity index (χ0) is 18.7. The Morgan fingerprint density at radius 1 is 0.808 bits per heavy atom. The third-order valence-electron chi connectivity index (χ3n) is 3.42. The van der Waals surface area contributed by atoms with E-state index in [0.717, 1.165) is 6.07 Å². The molecule has 3 aromatic rings. The molecule has 0 aliphatic carbocycles. The number of pyridine rings is 1. The highest BCUT2D eigenvalue weighted by Crippen LogP contribution is 2.19. The first kappa shape index (κ1) is 17.4. The molecule has 1 heterocycles. The van der Waals surface area contributed by atoms with Gasteiger partial charge in [-0.1, -0.05) is 0 Å². The van der Waals surface area contributed by atoms with E-state index in [1.807, 2.05) is 0 Å². The Morgan fingerprint density at radius 3 is 2.15 bits per heavy atom. The van der Waals surface area contributed by atoms with Crippen molar-refractivity contribution in [3.05, 3.63) is 83.6 Å². The fourth-order valence-corrected chi connectivity index (χ4v) is 2.12. The summed E-state index contributed by atoms with van der Waals surface area (Å²) >= 11 is 0. The van der Waals surface area contributed by atoms with Crippen molar-refractivity contribution in [2.75, 3.05) is 10.6 Å². The van der Waals surface area contributed by atoms with E-state index in [4.69, 9.17) is 0 Å². The number of hydrogen-bond acceptors (Lipinski definition) is 3. The lowest BCUT2D eigenvalue weighted by Crippen LogP contribution is -2.15. The van der Waals surface area contributed by atoms with Crippen molar-refractivity contribution < 1.29 is 22.4 Å². The molecule has 0 spiro atoms. The van der Waals surface area contributed by atoms with Crippen molar-refractivity contribution in [1.82, 2.24) is 4.98 Å². The highest BCUT2D eigenvalue weighted by Gasteiger charge is 2.18. The maximum Gasteiger partial charge on any atom is 0.258 e. The van der Waals surface area contributed by atoms with Gasteiger partial charge in [0.15, 0.2) is 17.5 Å². The van der Waals surface area contributed by atoms with E-state index in [0.29, 0.717) is 17.6 Å². The third-order valence-corrected chi connectivity index (χ3v) is 3.42. The van der Waals surface area contributed by atoms with Gasteiger partial charge in [-0.05, 0) is 48.5 Å². The van der Waals surface area contributed by atoms with Crippen molar-refractivity contribution in [3.63, 3.8) is 0 Å². The summed E-state index contributed by atoms with van der Waals surface area (Å²) in [5.74, 6) is -5.54. The van der Waals surface area contributed by atoms with E-state index in [1.165, 1.54) is 42.6 Å². The molecule has 0 aliphatic rings. The number of aromatic nitrogens is 1. The largest absolute Gasteiger partial charge is 0.340 e. The first-order valence-corrected chi connectivity index (χ1v) is 7.37. The van der Waals surface area contributed by atoms with Crippen LogP contribution in [0.4, 0.5) is 34.8 Å². The molecule has 0 radical (unpaired) electrons. The topological polar surface area (TPSA) is 54.0 Å². The Kier molecular flexibility index (Phi) is 4.83. The van der Waals surface area contributed by atoms with Crippen LogP contribution in [0, 0.1) is 23.3 Å². The van der Waals surface area contributed by atoms with Gasteiger partial charge in [-0.25, -0.2) is 22.5 Å². The normalized spacial score (nSPS) is 10.5. The molecule has 4 nitrogen and oxygen atoms in total. The monoisotopic (exact) mass is 361 g/mol. The number of anilines is 3. The summed E-state index contributed by atoms with van der Waals surface area (Å²) in [5.41, 5.74) is 0.209. The minimum atomic E-state index is -1.71. The summed E-state index contributed by atoms with van der Waals surface area (Å²) in [6.45, 7) is 0. The quantitative estimate of drug-likeness (QED) is 0.526. The zero-order valence-electron chi connectivity index (χ0n) is 13.1. The van der Waals surface area contributed by atoms with Crippen LogP contribution in [-0.2, 0) is 0 Å². The van der Waals surface area contributed by atoms with Crippen LogP contribution in [0.25, 0.3) is 0 Å². The lowest BCUT2D eigenvalue weighted by Gasteiger charge is -2.09. The van der Waals surface area contributed by atoms with E-state index in [-0.39, 0.29) is 11.5 Å². The van der Waals surface area contributed by atoms with Gasteiger partial charge in [-0.15, -0.1) is 0 Å². The van der Waals surface area contributed by atoms with Gasteiger partial charge in [0.1, 0.15) is 11.6 Å². The second kappa shape index (κ2) is 7.22. The van der Waals surface area contributed by atoms with E-state index in [2.05, 4.69) is 15.6 Å². The molecule has 2 aromatic carbocycles. The van der Waals surface area contributed by atoms with Gasteiger partial charge in [0.05, 0.1) is 17.4 Å². The zero-order valence-corrected chi connectivity index (χ0v) is 13.1. The van der Waals surface area contributed by atoms with Gasteiger partial charge in [-0.3, -0.25) is 4.79 Å². The van der Waals surface area contributed by atoms with E-state index < -0.39 is 28.9 Å². The Morgan fingerprint density at radius 2 is 1.50 bits per heavy atom. The lowest BCUT2D eigenvalue weighted by atomic mass is 10.2. The van der Waals surface area contributed by atoms with Crippen molar-refractivity contribution >= 4 is 23.1 Å². The van der Waals surface area contributed by atoms with Gasteiger partial charge >= 0.3 is 0 Å². The van der Waals surface area contributed by atoms with Crippen molar-refractivity contribution in [3.8, 4) is 0 Å². The molecule has 0 saturated heterocycles. The molecule has 26 heavy (non-hydrogen) atoms. The summed E-state index contributed by atoms with van der Waals surface area (Å²) in [6, 6.07) is 10.1. The Labute approximate surface area is 145 Å². The highest BCUT2D eigenvalue weighted by atomic mass is 19.2. The molecule has 1 amide bonds.